The fourth-order valence-electron chi connectivity index (χ4n) is 1.60. The Kier molecular flexibility index (Phi) is 5.76. The number of hydrogen-bond donors (Lipinski definition) is 2. The summed E-state index contributed by atoms with van der Waals surface area (Å²) in [4.78, 5) is 25.4. The molecule has 0 fully saturated rings. The Balaban J connectivity index is 1.59. The van der Waals surface area contributed by atoms with E-state index in [1.807, 2.05) is 35.0 Å². The molecular weight excluding hydrogens is 292 g/mol. The van der Waals surface area contributed by atoms with Crippen LogP contribution in [0.1, 0.15) is 22.6 Å². The van der Waals surface area contributed by atoms with E-state index < -0.39 is 0 Å². The lowest BCUT2D eigenvalue weighted by atomic mass is 10.2. The van der Waals surface area contributed by atoms with Gasteiger partial charge in [0.1, 0.15) is 0 Å². The number of amides is 2. The van der Waals surface area contributed by atoms with E-state index in [1.54, 1.807) is 22.7 Å². The summed E-state index contributed by atoms with van der Waals surface area (Å²) >= 11 is 3.21. The van der Waals surface area contributed by atoms with Crippen molar-refractivity contribution in [3.63, 3.8) is 0 Å². The van der Waals surface area contributed by atoms with Crippen LogP contribution in [0.25, 0.3) is 0 Å². The highest BCUT2D eigenvalue weighted by Crippen LogP contribution is 2.08. The fraction of sp³-hybridized carbons (Fsp3) is 0.286. The summed E-state index contributed by atoms with van der Waals surface area (Å²) in [6.07, 6.45) is 0.448. The van der Waals surface area contributed by atoms with Crippen LogP contribution in [0.15, 0.2) is 35.0 Å². The average Bonchev–Trinajstić information content (AvgIpc) is 3.13. The maximum Gasteiger partial charge on any atom is 0.220 e. The summed E-state index contributed by atoms with van der Waals surface area (Å²) < 4.78 is 0. The van der Waals surface area contributed by atoms with E-state index in [4.69, 9.17) is 0 Å². The van der Waals surface area contributed by atoms with Gasteiger partial charge in [-0.3, -0.25) is 9.59 Å². The molecule has 0 saturated carbocycles. The smallest absolute Gasteiger partial charge is 0.220 e. The molecule has 2 aromatic heterocycles. The molecule has 2 amide bonds. The number of carbonyl (C=O) groups is 2. The van der Waals surface area contributed by atoms with Crippen LogP contribution in [-0.4, -0.2) is 11.8 Å². The maximum absolute atomic E-state index is 11.6. The predicted octanol–water partition coefficient (Wildman–Crippen LogP) is 2.52. The number of hydrogen-bond acceptors (Lipinski definition) is 4. The molecule has 0 aliphatic heterocycles. The Morgan fingerprint density at radius 3 is 1.65 bits per heavy atom. The minimum absolute atomic E-state index is 0.0929. The van der Waals surface area contributed by atoms with Gasteiger partial charge in [0, 0.05) is 22.6 Å². The minimum Gasteiger partial charge on any atom is -0.351 e. The topological polar surface area (TPSA) is 58.2 Å². The third-order valence-electron chi connectivity index (χ3n) is 2.66. The van der Waals surface area contributed by atoms with Gasteiger partial charge in [0.2, 0.25) is 11.8 Å². The Hall–Kier alpha value is -1.66. The standard InChI is InChI=1S/C14H16N2O2S2/c17-13(15-9-11-3-1-7-19-11)5-6-14(18)16-10-12-4-2-8-20-12/h1-4,7-8H,5-6,9-10H2,(H,15,17)(H,16,18). The van der Waals surface area contributed by atoms with Gasteiger partial charge < -0.3 is 10.6 Å². The van der Waals surface area contributed by atoms with Crippen molar-refractivity contribution in [1.82, 2.24) is 10.6 Å². The van der Waals surface area contributed by atoms with E-state index >= 15 is 0 Å². The van der Waals surface area contributed by atoms with Gasteiger partial charge in [-0.05, 0) is 22.9 Å². The molecule has 0 atom stereocenters. The molecule has 0 radical (unpaired) electrons. The van der Waals surface area contributed by atoms with Gasteiger partial charge in [-0.2, -0.15) is 0 Å². The zero-order valence-corrected chi connectivity index (χ0v) is 12.6. The van der Waals surface area contributed by atoms with Crippen LogP contribution in [0.2, 0.25) is 0 Å². The Morgan fingerprint density at radius 2 is 1.30 bits per heavy atom. The van der Waals surface area contributed by atoms with Crippen LogP contribution in [0, 0.1) is 0 Å². The molecule has 0 aliphatic rings. The van der Waals surface area contributed by atoms with Crippen LogP contribution in [0.4, 0.5) is 0 Å². The molecule has 0 bridgehead atoms. The summed E-state index contributed by atoms with van der Waals surface area (Å²) in [6, 6.07) is 7.84. The van der Waals surface area contributed by atoms with Crippen molar-refractivity contribution in [2.24, 2.45) is 0 Å². The van der Waals surface area contributed by atoms with Crippen molar-refractivity contribution in [2.45, 2.75) is 25.9 Å². The van der Waals surface area contributed by atoms with Gasteiger partial charge in [-0.1, -0.05) is 12.1 Å². The lowest BCUT2D eigenvalue weighted by Crippen LogP contribution is -2.27. The van der Waals surface area contributed by atoms with Crippen molar-refractivity contribution < 1.29 is 9.59 Å². The van der Waals surface area contributed by atoms with Crippen LogP contribution in [-0.2, 0) is 22.7 Å². The van der Waals surface area contributed by atoms with Crippen molar-refractivity contribution in [3.8, 4) is 0 Å². The van der Waals surface area contributed by atoms with Gasteiger partial charge in [-0.15, -0.1) is 22.7 Å². The summed E-state index contributed by atoms with van der Waals surface area (Å²) in [5, 5.41) is 9.55. The first-order valence-corrected chi connectivity index (χ1v) is 8.08. The van der Waals surface area contributed by atoms with Gasteiger partial charge in [0.05, 0.1) is 13.1 Å². The van der Waals surface area contributed by atoms with Gasteiger partial charge in [0.25, 0.3) is 0 Å². The Bertz CT molecular complexity index is 485. The number of thiophene rings is 2. The molecule has 2 N–H and O–H groups in total. The molecular formula is C14H16N2O2S2. The molecule has 6 heteroatoms. The number of nitrogens with one attached hydrogen (secondary N) is 2. The van der Waals surface area contributed by atoms with E-state index in [0.29, 0.717) is 13.1 Å². The van der Waals surface area contributed by atoms with E-state index in [2.05, 4.69) is 10.6 Å². The third kappa shape index (κ3) is 5.14. The van der Waals surface area contributed by atoms with Crippen LogP contribution in [0.3, 0.4) is 0 Å². The average molecular weight is 308 g/mol. The summed E-state index contributed by atoms with van der Waals surface area (Å²) in [7, 11) is 0. The SMILES string of the molecule is O=C(CCC(=O)NCc1cccs1)NCc1cccs1. The van der Waals surface area contributed by atoms with E-state index in [0.717, 1.165) is 9.75 Å². The second kappa shape index (κ2) is 7.81. The molecule has 0 saturated heterocycles. The van der Waals surface area contributed by atoms with Crippen molar-refractivity contribution in [2.75, 3.05) is 0 Å². The Labute approximate surface area is 125 Å². The molecule has 4 nitrogen and oxygen atoms in total. The normalized spacial score (nSPS) is 10.2. The summed E-state index contributed by atoms with van der Waals surface area (Å²) in [5.74, 6) is -0.186. The molecule has 2 rings (SSSR count). The molecule has 0 aliphatic carbocycles. The van der Waals surface area contributed by atoms with Gasteiger partial charge >= 0.3 is 0 Å². The first-order chi connectivity index (χ1) is 9.74. The molecule has 106 valence electrons. The van der Waals surface area contributed by atoms with Gasteiger partial charge in [-0.25, -0.2) is 0 Å². The molecule has 2 heterocycles. The fourth-order valence-corrected chi connectivity index (χ4v) is 2.89. The largest absolute Gasteiger partial charge is 0.351 e. The first kappa shape index (κ1) is 14.7. The first-order valence-electron chi connectivity index (χ1n) is 6.32. The Morgan fingerprint density at radius 1 is 0.850 bits per heavy atom. The highest BCUT2D eigenvalue weighted by atomic mass is 32.1. The molecule has 0 spiro atoms. The van der Waals surface area contributed by atoms with Crippen molar-refractivity contribution in [1.29, 1.82) is 0 Å². The zero-order chi connectivity index (χ0) is 14.2. The summed E-state index contributed by atoms with van der Waals surface area (Å²) in [6.45, 7) is 1.07. The van der Waals surface area contributed by atoms with E-state index in [9.17, 15) is 9.59 Å². The molecule has 0 aromatic carbocycles. The molecule has 20 heavy (non-hydrogen) atoms. The monoisotopic (exact) mass is 308 g/mol. The number of carbonyl (C=O) groups excluding carboxylic acids is 2. The second-order valence-electron chi connectivity index (χ2n) is 4.21. The van der Waals surface area contributed by atoms with Crippen LogP contribution < -0.4 is 10.6 Å². The highest BCUT2D eigenvalue weighted by Gasteiger charge is 2.07. The van der Waals surface area contributed by atoms with Gasteiger partial charge in [0.15, 0.2) is 0 Å². The molecule has 0 unspecified atom stereocenters. The van der Waals surface area contributed by atoms with Crippen molar-refractivity contribution in [3.05, 3.63) is 44.8 Å². The van der Waals surface area contributed by atoms with E-state index in [-0.39, 0.29) is 24.7 Å². The quantitative estimate of drug-likeness (QED) is 0.826. The zero-order valence-electron chi connectivity index (χ0n) is 10.9. The lowest BCUT2D eigenvalue weighted by Gasteiger charge is -2.05. The van der Waals surface area contributed by atoms with Crippen molar-refractivity contribution >= 4 is 34.5 Å². The minimum atomic E-state index is -0.0929. The van der Waals surface area contributed by atoms with Crippen LogP contribution >= 0.6 is 22.7 Å². The third-order valence-corrected chi connectivity index (χ3v) is 4.41. The maximum atomic E-state index is 11.6. The predicted molar refractivity (Wildman–Crippen MR) is 81.6 cm³/mol. The lowest BCUT2D eigenvalue weighted by molar-refractivity contribution is -0.126. The molecule has 2 aromatic rings. The van der Waals surface area contributed by atoms with Crippen LogP contribution in [0.5, 0.6) is 0 Å². The second-order valence-corrected chi connectivity index (χ2v) is 6.28. The number of rotatable bonds is 7. The van der Waals surface area contributed by atoms with E-state index in [1.165, 1.54) is 0 Å². The highest BCUT2D eigenvalue weighted by molar-refractivity contribution is 7.10. The summed E-state index contributed by atoms with van der Waals surface area (Å²) in [5.41, 5.74) is 0.